The number of methoxy groups -OCH3 is 1. The van der Waals surface area contributed by atoms with E-state index in [-0.39, 0.29) is 11.8 Å². The Morgan fingerprint density at radius 2 is 2.00 bits per heavy atom. The normalized spacial score (nSPS) is 17.6. The number of carbonyl (C=O) groups excluding carboxylic acids is 1. The molecule has 2 heterocycles. The van der Waals surface area contributed by atoms with E-state index in [9.17, 15) is 4.79 Å². The second-order valence-corrected chi connectivity index (χ2v) is 8.38. The largest absolute Gasteiger partial charge is 0.493 e. The molecule has 1 unspecified atom stereocenters. The summed E-state index contributed by atoms with van der Waals surface area (Å²) in [6, 6.07) is 12.0. The Bertz CT molecular complexity index is 1140. The smallest absolute Gasteiger partial charge is 0.232 e. The Morgan fingerprint density at radius 3 is 2.84 bits per heavy atom. The summed E-state index contributed by atoms with van der Waals surface area (Å²) in [4.78, 5) is 19.2. The first-order chi connectivity index (χ1) is 15.7. The molecule has 7 nitrogen and oxygen atoms in total. The summed E-state index contributed by atoms with van der Waals surface area (Å²) in [7, 11) is 1.61. The van der Waals surface area contributed by atoms with Crippen molar-refractivity contribution >= 4 is 11.6 Å². The standard InChI is InChI=1S/C25H27N3O4/c1-3-11-31-21-10-8-18(13-22(21)30-2)24-26-25(32-27-24)19-14-23(29)28(15-19)20-9-7-16-5-4-6-17(16)12-20/h7-10,12-13,19H,3-6,11,14-15H2,1-2H3. The van der Waals surface area contributed by atoms with Crippen molar-refractivity contribution in [3.8, 4) is 22.9 Å². The van der Waals surface area contributed by atoms with Gasteiger partial charge in [0, 0.05) is 24.2 Å². The number of amides is 1. The molecule has 5 rings (SSSR count). The molecule has 1 aromatic heterocycles. The minimum absolute atomic E-state index is 0.0896. The molecule has 1 aliphatic heterocycles. The van der Waals surface area contributed by atoms with E-state index >= 15 is 0 Å². The zero-order valence-corrected chi connectivity index (χ0v) is 18.5. The molecule has 1 amide bonds. The molecule has 0 spiro atoms. The fourth-order valence-corrected chi connectivity index (χ4v) is 4.50. The lowest BCUT2D eigenvalue weighted by Gasteiger charge is -2.17. The summed E-state index contributed by atoms with van der Waals surface area (Å²) in [6.07, 6.45) is 4.70. The predicted molar refractivity (Wildman–Crippen MR) is 120 cm³/mol. The van der Waals surface area contributed by atoms with E-state index in [4.69, 9.17) is 14.0 Å². The molecule has 0 bridgehead atoms. The second kappa shape index (κ2) is 8.65. The summed E-state index contributed by atoms with van der Waals surface area (Å²) >= 11 is 0. The number of ether oxygens (including phenoxy) is 2. The van der Waals surface area contributed by atoms with E-state index in [0.717, 1.165) is 30.5 Å². The van der Waals surface area contributed by atoms with Gasteiger partial charge in [0.15, 0.2) is 11.5 Å². The van der Waals surface area contributed by atoms with Crippen molar-refractivity contribution in [1.82, 2.24) is 10.1 Å². The molecule has 1 saturated heterocycles. The first-order valence-corrected chi connectivity index (χ1v) is 11.2. The van der Waals surface area contributed by atoms with Crippen molar-refractivity contribution in [2.75, 3.05) is 25.2 Å². The molecule has 1 fully saturated rings. The number of anilines is 1. The van der Waals surface area contributed by atoms with Crippen molar-refractivity contribution in [3.63, 3.8) is 0 Å². The van der Waals surface area contributed by atoms with Crippen molar-refractivity contribution in [2.24, 2.45) is 0 Å². The number of fused-ring (bicyclic) bond motifs is 1. The number of hydrogen-bond acceptors (Lipinski definition) is 6. The highest BCUT2D eigenvalue weighted by atomic mass is 16.5. The number of rotatable bonds is 7. The van der Waals surface area contributed by atoms with Crippen molar-refractivity contribution in [1.29, 1.82) is 0 Å². The maximum absolute atomic E-state index is 12.7. The van der Waals surface area contributed by atoms with Crippen molar-refractivity contribution in [3.05, 3.63) is 53.4 Å². The summed E-state index contributed by atoms with van der Waals surface area (Å²) < 4.78 is 16.7. The monoisotopic (exact) mass is 433 g/mol. The SMILES string of the molecule is CCCOc1ccc(-c2noc(C3CC(=O)N(c4ccc5c(c4)CCC5)C3)n2)cc1OC. The van der Waals surface area contributed by atoms with Gasteiger partial charge in [-0.05, 0) is 67.1 Å². The summed E-state index contributed by atoms with van der Waals surface area (Å²) in [6.45, 7) is 3.23. The molecular formula is C25H27N3O4. The van der Waals surface area contributed by atoms with Crippen LogP contribution >= 0.6 is 0 Å². The van der Waals surface area contributed by atoms with Crippen LogP contribution in [0.25, 0.3) is 11.4 Å². The maximum atomic E-state index is 12.7. The van der Waals surface area contributed by atoms with E-state index in [2.05, 4.69) is 35.3 Å². The fourth-order valence-electron chi connectivity index (χ4n) is 4.50. The van der Waals surface area contributed by atoms with Crippen LogP contribution in [0.15, 0.2) is 40.9 Å². The van der Waals surface area contributed by atoms with E-state index in [1.165, 1.54) is 17.5 Å². The van der Waals surface area contributed by atoms with Gasteiger partial charge in [-0.25, -0.2) is 0 Å². The van der Waals surface area contributed by atoms with Crippen LogP contribution in [0.2, 0.25) is 0 Å². The summed E-state index contributed by atoms with van der Waals surface area (Å²) in [5, 5.41) is 4.16. The third-order valence-electron chi connectivity index (χ3n) is 6.19. The second-order valence-electron chi connectivity index (χ2n) is 8.38. The summed E-state index contributed by atoms with van der Waals surface area (Å²) in [5.74, 6) is 2.25. The Hall–Kier alpha value is -3.35. The number of aryl methyl sites for hydroxylation is 2. The third kappa shape index (κ3) is 3.83. The number of carbonyl (C=O) groups is 1. The zero-order chi connectivity index (χ0) is 22.1. The van der Waals surface area contributed by atoms with E-state index in [1.54, 1.807) is 7.11 Å². The molecule has 166 valence electrons. The first-order valence-electron chi connectivity index (χ1n) is 11.2. The van der Waals surface area contributed by atoms with Gasteiger partial charge in [0.05, 0.1) is 19.6 Å². The van der Waals surface area contributed by atoms with Gasteiger partial charge in [0.25, 0.3) is 0 Å². The topological polar surface area (TPSA) is 77.7 Å². The minimum atomic E-state index is -0.119. The highest BCUT2D eigenvalue weighted by molar-refractivity contribution is 5.96. The molecule has 7 heteroatoms. The molecule has 3 aromatic rings. The van der Waals surface area contributed by atoms with Gasteiger partial charge in [-0.2, -0.15) is 4.98 Å². The molecule has 0 radical (unpaired) electrons. The lowest BCUT2D eigenvalue weighted by Crippen LogP contribution is -2.24. The Balaban J connectivity index is 1.33. The van der Waals surface area contributed by atoms with E-state index in [1.807, 2.05) is 23.1 Å². The summed E-state index contributed by atoms with van der Waals surface area (Å²) in [5.41, 5.74) is 4.50. The zero-order valence-electron chi connectivity index (χ0n) is 18.5. The Labute approximate surface area is 187 Å². The third-order valence-corrected chi connectivity index (χ3v) is 6.19. The van der Waals surface area contributed by atoms with Crippen LogP contribution in [0, 0.1) is 0 Å². The Kier molecular flexibility index (Phi) is 5.55. The van der Waals surface area contributed by atoms with Crippen LogP contribution < -0.4 is 14.4 Å². The number of benzene rings is 2. The number of hydrogen-bond donors (Lipinski definition) is 0. The molecule has 0 N–H and O–H groups in total. The average molecular weight is 434 g/mol. The average Bonchev–Trinajstić information content (AvgIpc) is 3.56. The van der Waals surface area contributed by atoms with Gasteiger partial charge in [0.1, 0.15) is 0 Å². The molecular weight excluding hydrogens is 406 g/mol. The van der Waals surface area contributed by atoms with Crippen LogP contribution in [-0.4, -0.2) is 36.3 Å². The van der Waals surface area contributed by atoms with Gasteiger partial charge < -0.3 is 18.9 Å². The lowest BCUT2D eigenvalue weighted by molar-refractivity contribution is -0.117. The fraction of sp³-hybridized carbons (Fsp3) is 0.400. The van der Waals surface area contributed by atoms with Gasteiger partial charge in [0.2, 0.25) is 17.6 Å². The van der Waals surface area contributed by atoms with Crippen LogP contribution in [0.4, 0.5) is 5.69 Å². The number of aromatic nitrogens is 2. The van der Waals surface area contributed by atoms with Gasteiger partial charge in [-0.3, -0.25) is 4.79 Å². The van der Waals surface area contributed by atoms with Gasteiger partial charge in [-0.15, -0.1) is 0 Å². The van der Waals surface area contributed by atoms with Crippen LogP contribution in [0.5, 0.6) is 11.5 Å². The van der Waals surface area contributed by atoms with E-state index < -0.39 is 0 Å². The van der Waals surface area contributed by atoms with Crippen molar-refractivity contribution < 1.29 is 18.8 Å². The van der Waals surface area contributed by atoms with Gasteiger partial charge in [-0.1, -0.05) is 18.1 Å². The van der Waals surface area contributed by atoms with Crippen LogP contribution in [0.1, 0.15) is 49.1 Å². The van der Waals surface area contributed by atoms with Crippen LogP contribution in [-0.2, 0) is 17.6 Å². The molecule has 2 aromatic carbocycles. The lowest BCUT2D eigenvalue weighted by atomic mass is 10.1. The molecule has 0 saturated carbocycles. The molecule has 1 atom stereocenters. The highest BCUT2D eigenvalue weighted by Crippen LogP contribution is 2.35. The first kappa shape index (κ1) is 20.5. The minimum Gasteiger partial charge on any atom is -0.493 e. The molecule has 2 aliphatic rings. The Morgan fingerprint density at radius 1 is 1.12 bits per heavy atom. The highest BCUT2D eigenvalue weighted by Gasteiger charge is 2.35. The molecule has 1 aliphatic carbocycles. The number of nitrogens with zero attached hydrogens (tertiary/aromatic N) is 3. The quantitative estimate of drug-likeness (QED) is 0.544. The molecule has 32 heavy (non-hydrogen) atoms. The van der Waals surface area contributed by atoms with Crippen molar-refractivity contribution in [2.45, 2.75) is 44.9 Å². The maximum Gasteiger partial charge on any atom is 0.232 e. The van der Waals surface area contributed by atoms with Crippen LogP contribution in [0.3, 0.4) is 0 Å². The predicted octanol–water partition coefficient (Wildman–Crippen LogP) is 4.54. The van der Waals surface area contributed by atoms with Gasteiger partial charge >= 0.3 is 0 Å². The van der Waals surface area contributed by atoms with E-state index in [0.29, 0.717) is 42.8 Å².